The fourth-order valence-electron chi connectivity index (χ4n) is 3.46. The molecule has 0 aliphatic rings. The predicted molar refractivity (Wildman–Crippen MR) is 107 cm³/mol. The zero-order valence-corrected chi connectivity index (χ0v) is 15.7. The number of rotatable bonds is 3. The fourth-order valence-corrected chi connectivity index (χ4v) is 3.46. The van der Waals surface area contributed by atoms with Crippen LogP contribution in [-0.2, 0) is 0 Å². The molecule has 0 unspecified atom stereocenters. The molecule has 0 saturated heterocycles. The Morgan fingerprint density at radius 1 is 1.13 bits per heavy atom. The van der Waals surface area contributed by atoms with E-state index in [1.165, 1.54) is 21.6 Å². The third-order valence-corrected chi connectivity index (χ3v) is 4.71. The summed E-state index contributed by atoms with van der Waals surface area (Å²) < 4.78 is 2.93. The van der Waals surface area contributed by atoms with E-state index in [1.54, 1.807) is 37.3 Å². The van der Waals surface area contributed by atoms with Crippen LogP contribution in [0.15, 0.2) is 53.6 Å². The molecule has 0 radical (unpaired) electrons. The maximum absolute atomic E-state index is 13.1. The van der Waals surface area contributed by atoms with Gasteiger partial charge in [0.15, 0.2) is 5.69 Å². The summed E-state index contributed by atoms with van der Waals surface area (Å²) in [7, 11) is 0. The standard InChI is InChI=1S/C21H13N7O2/c1-12-17(20(24)30)19(29)21-26-15(10-23)18(13-5-3-2-4-6-13)28(21)27(12)16-7-8-25-11-14(16)9-22/h2-8,11H,1H3,(H2,24,30). The van der Waals surface area contributed by atoms with E-state index in [0.29, 0.717) is 16.9 Å². The van der Waals surface area contributed by atoms with Crippen LogP contribution in [0.2, 0.25) is 0 Å². The molecule has 144 valence electrons. The van der Waals surface area contributed by atoms with Crippen LogP contribution < -0.4 is 11.2 Å². The number of fused-ring (bicyclic) bond motifs is 1. The first-order valence-corrected chi connectivity index (χ1v) is 8.77. The van der Waals surface area contributed by atoms with Crippen molar-refractivity contribution in [3.8, 4) is 29.1 Å². The molecule has 3 heterocycles. The Morgan fingerprint density at radius 2 is 1.87 bits per heavy atom. The second-order valence-electron chi connectivity index (χ2n) is 6.39. The van der Waals surface area contributed by atoms with E-state index in [1.807, 2.05) is 12.1 Å². The minimum Gasteiger partial charge on any atom is -0.365 e. The van der Waals surface area contributed by atoms with Gasteiger partial charge < -0.3 is 5.73 Å². The molecule has 9 nitrogen and oxygen atoms in total. The van der Waals surface area contributed by atoms with Gasteiger partial charge in [-0.3, -0.25) is 14.6 Å². The molecule has 4 rings (SSSR count). The summed E-state index contributed by atoms with van der Waals surface area (Å²) in [6.45, 7) is 1.54. The monoisotopic (exact) mass is 395 g/mol. The normalized spacial score (nSPS) is 10.5. The van der Waals surface area contributed by atoms with Gasteiger partial charge in [-0.1, -0.05) is 30.3 Å². The lowest BCUT2D eigenvalue weighted by Gasteiger charge is -2.18. The largest absolute Gasteiger partial charge is 0.365 e. The molecule has 0 saturated carbocycles. The first-order valence-electron chi connectivity index (χ1n) is 8.77. The number of hydrogen-bond acceptors (Lipinski definition) is 6. The SMILES string of the molecule is Cc1c(C(N)=O)c(=O)c2nc(C#N)c(-c3ccccc3)n2n1-c1ccncc1C#N. The number of nitrogens with two attached hydrogens (primary N) is 1. The van der Waals surface area contributed by atoms with Gasteiger partial charge in [-0.05, 0) is 13.0 Å². The van der Waals surface area contributed by atoms with Crippen molar-refractivity contribution in [2.75, 3.05) is 0 Å². The summed E-state index contributed by atoms with van der Waals surface area (Å²) in [4.78, 5) is 33.3. The number of imidazole rings is 1. The molecule has 3 aromatic heterocycles. The van der Waals surface area contributed by atoms with E-state index >= 15 is 0 Å². The minimum absolute atomic E-state index is 0.000587. The Hall–Kier alpha value is -4.76. The van der Waals surface area contributed by atoms with Crippen molar-refractivity contribution in [2.24, 2.45) is 5.73 Å². The van der Waals surface area contributed by atoms with Crippen molar-refractivity contribution in [1.82, 2.24) is 19.2 Å². The van der Waals surface area contributed by atoms with Crippen molar-refractivity contribution < 1.29 is 4.79 Å². The molecule has 0 aliphatic heterocycles. The van der Waals surface area contributed by atoms with Gasteiger partial charge in [-0.25, -0.2) is 14.2 Å². The summed E-state index contributed by atoms with van der Waals surface area (Å²) in [6.07, 6.45) is 2.85. The molecule has 0 atom stereocenters. The lowest BCUT2D eigenvalue weighted by molar-refractivity contribution is 0.0998. The van der Waals surface area contributed by atoms with Crippen molar-refractivity contribution in [3.63, 3.8) is 0 Å². The van der Waals surface area contributed by atoms with E-state index in [-0.39, 0.29) is 28.2 Å². The maximum Gasteiger partial charge on any atom is 0.254 e. The van der Waals surface area contributed by atoms with Gasteiger partial charge in [0, 0.05) is 18.0 Å². The Bertz CT molecular complexity index is 1470. The number of benzene rings is 1. The molecule has 2 N–H and O–H groups in total. The lowest BCUT2D eigenvalue weighted by Crippen LogP contribution is -2.30. The van der Waals surface area contributed by atoms with E-state index in [0.717, 1.165) is 0 Å². The first kappa shape index (κ1) is 18.6. The van der Waals surface area contributed by atoms with Crippen molar-refractivity contribution in [3.05, 3.63) is 81.5 Å². The Morgan fingerprint density at radius 3 is 2.50 bits per heavy atom. The summed E-state index contributed by atoms with van der Waals surface area (Å²) in [6, 6.07) is 14.6. The molecule has 4 aromatic rings. The highest BCUT2D eigenvalue weighted by Gasteiger charge is 2.26. The van der Waals surface area contributed by atoms with Crippen LogP contribution in [0.1, 0.15) is 27.3 Å². The summed E-state index contributed by atoms with van der Waals surface area (Å²) in [5.41, 5.74) is 6.13. The average molecular weight is 395 g/mol. The van der Waals surface area contributed by atoms with Crippen LogP contribution in [-0.4, -0.2) is 25.1 Å². The van der Waals surface area contributed by atoms with E-state index in [4.69, 9.17) is 5.73 Å². The third-order valence-electron chi connectivity index (χ3n) is 4.71. The first-order chi connectivity index (χ1) is 14.5. The number of amides is 1. The molecular formula is C21H13N7O2. The quantitative estimate of drug-likeness (QED) is 0.559. The van der Waals surface area contributed by atoms with Gasteiger partial charge >= 0.3 is 0 Å². The third kappa shape index (κ3) is 2.62. The van der Waals surface area contributed by atoms with Crippen LogP contribution in [0, 0.1) is 29.6 Å². The van der Waals surface area contributed by atoms with E-state index < -0.39 is 11.3 Å². The zero-order chi connectivity index (χ0) is 21.4. The summed E-state index contributed by atoms with van der Waals surface area (Å²) >= 11 is 0. The van der Waals surface area contributed by atoms with Crippen molar-refractivity contribution >= 4 is 11.6 Å². The zero-order valence-electron chi connectivity index (χ0n) is 15.7. The smallest absolute Gasteiger partial charge is 0.254 e. The van der Waals surface area contributed by atoms with Gasteiger partial charge in [0.2, 0.25) is 11.1 Å². The van der Waals surface area contributed by atoms with Crippen LogP contribution in [0.5, 0.6) is 0 Å². The Balaban J connectivity index is 2.33. The molecular weight excluding hydrogens is 382 g/mol. The van der Waals surface area contributed by atoms with Crippen molar-refractivity contribution in [1.29, 1.82) is 10.5 Å². The second kappa shape index (κ2) is 7.00. The number of aromatic nitrogens is 4. The molecule has 9 heteroatoms. The number of nitriles is 2. The van der Waals surface area contributed by atoms with E-state index in [2.05, 4.69) is 16.0 Å². The Labute approximate surface area is 169 Å². The minimum atomic E-state index is -0.927. The summed E-state index contributed by atoms with van der Waals surface area (Å²) in [5, 5.41) is 19.3. The molecule has 0 spiro atoms. The number of pyridine rings is 1. The predicted octanol–water partition coefficient (Wildman–Crippen LogP) is 1.70. The van der Waals surface area contributed by atoms with Crippen LogP contribution in [0.4, 0.5) is 0 Å². The van der Waals surface area contributed by atoms with Gasteiger partial charge in [-0.15, -0.1) is 0 Å². The number of primary amides is 1. The van der Waals surface area contributed by atoms with Gasteiger partial charge in [0.1, 0.15) is 23.4 Å². The lowest BCUT2D eigenvalue weighted by atomic mass is 10.1. The second-order valence-corrected chi connectivity index (χ2v) is 6.39. The molecule has 1 aromatic carbocycles. The fraction of sp³-hybridized carbons (Fsp3) is 0.0476. The molecule has 0 fully saturated rings. The average Bonchev–Trinajstić information content (AvgIpc) is 3.14. The van der Waals surface area contributed by atoms with Gasteiger partial charge in [-0.2, -0.15) is 10.5 Å². The molecule has 0 aliphatic carbocycles. The number of hydrogen-bond donors (Lipinski definition) is 1. The molecule has 30 heavy (non-hydrogen) atoms. The van der Waals surface area contributed by atoms with Crippen LogP contribution in [0.25, 0.3) is 22.6 Å². The molecule has 0 bridgehead atoms. The number of nitrogens with zero attached hydrogens (tertiary/aromatic N) is 6. The number of carbonyl (C=O) groups is 1. The van der Waals surface area contributed by atoms with Crippen LogP contribution >= 0.6 is 0 Å². The van der Waals surface area contributed by atoms with Crippen molar-refractivity contribution in [2.45, 2.75) is 6.92 Å². The topological polar surface area (TPSA) is 143 Å². The maximum atomic E-state index is 13.1. The highest BCUT2D eigenvalue weighted by Crippen LogP contribution is 2.27. The molecule has 1 amide bonds. The number of carbonyl (C=O) groups excluding carboxylic acids is 1. The van der Waals surface area contributed by atoms with Gasteiger partial charge in [0.25, 0.3) is 5.91 Å². The highest BCUT2D eigenvalue weighted by atomic mass is 16.2. The Kier molecular flexibility index (Phi) is 4.34. The van der Waals surface area contributed by atoms with E-state index in [9.17, 15) is 20.1 Å². The highest BCUT2D eigenvalue weighted by molar-refractivity contribution is 5.95. The van der Waals surface area contributed by atoms with Gasteiger partial charge in [0.05, 0.1) is 16.9 Å². The summed E-state index contributed by atoms with van der Waals surface area (Å²) in [5.74, 6) is -0.927. The van der Waals surface area contributed by atoms with Crippen LogP contribution in [0.3, 0.4) is 0 Å².